The normalized spacial score (nSPS) is 10.4. The third kappa shape index (κ3) is 2.40. The third-order valence-corrected chi connectivity index (χ3v) is 3.22. The van der Waals surface area contributed by atoms with Crippen LogP contribution in [-0.2, 0) is 6.54 Å². The Hall–Kier alpha value is -1.39. The van der Waals surface area contributed by atoms with Gasteiger partial charge in [-0.1, -0.05) is 30.0 Å². The predicted octanol–water partition coefficient (Wildman–Crippen LogP) is 2.83. The third-order valence-electron chi connectivity index (χ3n) is 2.11. The van der Waals surface area contributed by atoms with E-state index in [4.69, 9.17) is 5.73 Å². The van der Waals surface area contributed by atoms with Gasteiger partial charge < -0.3 is 5.73 Å². The highest BCUT2D eigenvalue weighted by molar-refractivity contribution is 7.99. The molecule has 4 heteroatoms. The largest absolute Gasteiger partial charge is 0.326 e. The molecule has 0 bridgehead atoms. The van der Waals surface area contributed by atoms with Crippen LogP contribution in [0.3, 0.4) is 0 Å². The molecular formula is C12H11FN2S. The van der Waals surface area contributed by atoms with Crippen molar-refractivity contribution in [3.63, 3.8) is 0 Å². The summed E-state index contributed by atoms with van der Waals surface area (Å²) in [5, 5.41) is 0.766. The number of benzene rings is 1. The van der Waals surface area contributed by atoms with Gasteiger partial charge in [-0.15, -0.1) is 0 Å². The average Bonchev–Trinajstić information content (AvgIpc) is 2.33. The van der Waals surface area contributed by atoms with E-state index in [0.717, 1.165) is 10.6 Å². The second-order valence-electron chi connectivity index (χ2n) is 3.20. The van der Waals surface area contributed by atoms with E-state index in [0.29, 0.717) is 11.4 Å². The molecule has 1 aromatic heterocycles. The van der Waals surface area contributed by atoms with Crippen molar-refractivity contribution in [1.82, 2.24) is 4.98 Å². The Balaban J connectivity index is 2.34. The maximum atomic E-state index is 13.6. The number of aromatic nitrogens is 1. The number of halogens is 1. The number of pyridine rings is 1. The van der Waals surface area contributed by atoms with E-state index >= 15 is 0 Å². The molecule has 0 radical (unpaired) electrons. The Morgan fingerprint density at radius 2 is 2.06 bits per heavy atom. The Kier molecular flexibility index (Phi) is 3.54. The van der Waals surface area contributed by atoms with Crippen molar-refractivity contribution in [3.8, 4) is 0 Å². The van der Waals surface area contributed by atoms with Crippen LogP contribution in [0.15, 0.2) is 52.5 Å². The number of hydrogen-bond acceptors (Lipinski definition) is 3. The summed E-state index contributed by atoms with van der Waals surface area (Å²) in [6.07, 6.45) is 1.69. The van der Waals surface area contributed by atoms with Gasteiger partial charge in [-0.2, -0.15) is 0 Å². The lowest BCUT2D eigenvalue weighted by molar-refractivity contribution is 0.597. The van der Waals surface area contributed by atoms with E-state index in [1.807, 2.05) is 24.3 Å². The van der Waals surface area contributed by atoms with Crippen LogP contribution < -0.4 is 5.73 Å². The first-order chi connectivity index (χ1) is 7.81. The Labute approximate surface area is 97.7 Å². The van der Waals surface area contributed by atoms with Crippen LogP contribution >= 0.6 is 11.8 Å². The predicted molar refractivity (Wildman–Crippen MR) is 62.7 cm³/mol. The molecule has 2 N–H and O–H groups in total. The van der Waals surface area contributed by atoms with Crippen molar-refractivity contribution >= 4 is 11.8 Å². The SMILES string of the molecule is NCc1cccc(F)c1Sc1ccccn1. The van der Waals surface area contributed by atoms with Crippen LogP contribution in [-0.4, -0.2) is 4.98 Å². The number of nitrogens with two attached hydrogens (primary N) is 1. The molecule has 82 valence electrons. The van der Waals surface area contributed by atoms with Gasteiger partial charge in [0.05, 0.1) is 4.90 Å². The van der Waals surface area contributed by atoms with Crippen LogP contribution in [0.1, 0.15) is 5.56 Å². The molecule has 16 heavy (non-hydrogen) atoms. The van der Waals surface area contributed by atoms with E-state index in [2.05, 4.69) is 4.98 Å². The van der Waals surface area contributed by atoms with Crippen molar-refractivity contribution in [2.45, 2.75) is 16.5 Å². The molecule has 1 heterocycles. The van der Waals surface area contributed by atoms with Crippen molar-refractivity contribution in [2.75, 3.05) is 0 Å². The highest BCUT2D eigenvalue weighted by Gasteiger charge is 2.09. The first kappa shape index (κ1) is 11.1. The molecule has 2 nitrogen and oxygen atoms in total. The molecule has 0 saturated heterocycles. The number of hydrogen-bond donors (Lipinski definition) is 1. The fourth-order valence-corrected chi connectivity index (χ4v) is 2.26. The Bertz CT molecular complexity index is 474. The summed E-state index contributed by atoms with van der Waals surface area (Å²) >= 11 is 1.30. The maximum absolute atomic E-state index is 13.6. The minimum Gasteiger partial charge on any atom is -0.326 e. The van der Waals surface area contributed by atoms with Gasteiger partial charge in [-0.3, -0.25) is 0 Å². The lowest BCUT2D eigenvalue weighted by atomic mass is 10.2. The van der Waals surface area contributed by atoms with E-state index in [1.54, 1.807) is 12.3 Å². The second-order valence-corrected chi connectivity index (χ2v) is 4.23. The topological polar surface area (TPSA) is 38.9 Å². The molecule has 2 rings (SSSR count). The first-order valence-electron chi connectivity index (χ1n) is 4.87. The van der Waals surface area contributed by atoms with Gasteiger partial charge in [0.1, 0.15) is 10.8 Å². The molecule has 0 aliphatic heterocycles. The zero-order valence-corrected chi connectivity index (χ0v) is 9.38. The van der Waals surface area contributed by atoms with Crippen molar-refractivity contribution in [3.05, 3.63) is 54.0 Å². The minimum atomic E-state index is -0.251. The average molecular weight is 234 g/mol. The first-order valence-corrected chi connectivity index (χ1v) is 5.69. The summed E-state index contributed by atoms with van der Waals surface area (Å²) in [5.74, 6) is -0.251. The molecule has 0 aliphatic rings. The second kappa shape index (κ2) is 5.09. The zero-order valence-electron chi connectivity index (χ0n) is 8.56. The van der Waals surface area contributed by atoms with Crippen molar-refractivity contribution < 1.29 is 4.39 Å². The van der Waals surface area contributed by atoms with Crippen LogP contribution in [0.25, 0.3) is 0 Å². The van der Waals surface area contributed by atoms with Gasteiger partial charge >= 0.3 is 0 Å². The number of rotatable bonds is 3. The van der Waals surface area contributed by atoms with Gasteiger partial charge in [-0.05, 0) is 23.8 Å². The van der Waals surface area contributed by atoms with Gasteiger partial charge in [0.2, 0.25) is 0 Å². The molecule has 2 aromatic rings. The monoisotopic (exact) mass is 234 g/mol. The van der Waals surface area contributed by atoms with Crippen LogP contribution in [0.2, 0.25) is 0 Å². The summed E-state index contributed by atoms with van der Waals surface area (Å²) in [4.78, 5) is 4.70. The molecule has 0 unspecified atom stereocenters. The maximum Gasteiger partial charge on any atom is 0.137 e. The summed E-state index contributed by atoms with van der Waals surface area (Å²) in [5.41, 5.74) is 6.37. The lowest BCUT2D eigenvalue weighted by Gasteiger charge is -2.07. The van der Waals surface area contributed by atoms with E-state index < -0.39 is 0 Å². The van der Waals surface area contributed by atoms with Crippen LogP contribution in [0.5, 0.6) is 0 Å². The standard InChI is InChI=1S/C12H11FN2S/c13-10-5-3-4-9(8-14)12(10)16-11-6-1-2-7-15-11/h1-7H,8,14H2. The number of nitrogens with zero attached hydrogens (tertiary/aromatic N) is 1. The molecule has 0 amide bonds. The van der Waals surface area contributed by atoms with Gasteiger partial charge in [-0.25, -0.2) is 9.37 Å². The summed E-state index contributed by atoms with van der Waals surface area (Å²) < 4.78 is 13.6. The highest BCUT2D eigenvalue weighted by atomic mass is 32.2. The smallest absolute Gasteiger partial charge is 0.137 e. The molecule has 0 aliphatic carbocycles. The summed E-state index contributed by atoms with van der Waals surface area (Å²) in [6.45, 7) is 0.326. The van der Waals surface area contributed by atoms with E-state index in [1.165, 1.54) is 17.8 Å². The van der Waals surface area contributed by atoms with Crippen molar-refractivity contribution in [1.29, 1.82) is 0 Å². The fourth-order valence-electron chi connectivity index (χ4n) is 1.34. The van der Waals surface area contributed by atoms with Gasteiger partial charge in [0.25, 0.3) is 0 Å². The molecule has 0 atom stereocenters. The molecular weight excluding hydrogens is 223 g/mol. The van der Waals surface area contributed by atoms with E-state index in [-0.39, 0.29) is 5.82 Å². The quantitative estimate of drug-likeness (QED) is 0.887. The van der Waals surface area contributed by atoms with Crippen LogP contribution in [0.4, 0.5) is 4.39 Å². The Morgan fingerprint density at radius 3 is 2.75 bits per heavy atom. The van der Waals surface area contributed by atoms with Crippen LogP contribution in [0, 0.1) is 5.82 Å². The highest BCUT2D eigenvalue weighted by Crippen LogP contribution is 2.30. The molecule has 0 spiro atoms. The minimum absolute atomic E-state index is 0.251. The summed E-state index contributed by atoms with van der Waals surface area (Å²) in [6, 6.07) is 10.5. The molecule has 0 fully saturated rings. The zero-order chi connectivity index (χ0) is 11.4. The van der Waals surface area contributed by atoms with Gasteiger partial charge in [0, 0.05) is 12.7 Å². The molecule has 0 saturated carbocycles. The Morgan fingerprint density at radius 1 is 1.19 bits per heavy atom. The van der Waals surface area contributed by atoms with Gasteiger partial charge in [0.15, 0.2) is 0 Å². The summed E-state index contributed by atoms with van der Waals surface area (Å²) in [7, 11) is 0. The fraction of sp³-hybridized carbons (Fsp3) is 0.0833. The van der Waals surface area contributed by atoms with E-state index in [9.17, 15) is 4.39 Å². The molecule has 1 aromatic carbocycles. The lowest BCUT2D eigenvalue weighted by Crippen LogP contribution is -2.00. The van der Waals surface area contributed by atoms with Crippen molar-refractivity contribution in [2.24, 2.45) is 5.73 Å².